The van der Waals surface area contributed by atoms with Gasteiger partial charge in [-0.05, 0) is 61.6 Å². The van der Waals surface area contributed by atoms with Gasteiger partial charge in [-0.1, -0.05) is 35.9 Å². The topological polar surface area (TPSA) is 108 Å². The third-order valence-electron chi connectivity index (χ3n) is 5.55. The van der Waals surface area contributed by atoms with Crippen LogP contribution in [0.2, 0.25) is 0 Å². The highest BCUT2D eigenvalue weighted by Crippen LogP contribution is 2.23. The number of nitrogens with one attached hydrogen (secondary N) is 3. The van der Waals surface area contributed by atoms with Crippen molar-refractivity contribution < 1.29 is 13.2 Å². The Morgan fingerprint density at radius 3 is 2.54 bits per heavy atom. The van der Waals surface area contributed by atoms with Gasteiger partial charge in [-0.3, -0.25) is 14.3 Å². The number of carbonyl (C=O) groups is 1. The van der Waals surface area contributed by atoms with Crippen molar-refractivity contribution in [1.82, 2.24) is 10.3 Å². The molecule has 3 aromatic carbocycles. The molecule has 3 N–H and O–H groups in total. The zero-order chi connectivity index (χ0) is 25.0. The van der Waals surface area contributed by atoms with E-state index in [9.17, 15) is 18.0 Å². The molecule has 0 aliphatic rings. The molecule has 1 aromatic heterocycles. The molecule has 0 bridgehead atoms. The van der Waals surface area contributed by atoms with Crippen LogP contribution in [0.25, 0.3) is 10.9 Å². The molecule has 0 fully saturated rings. The van der Waals surface area contributed by atoms with E-state index < -0.39 is 21.4 Å². The number of thioether (sulfide) groups is 1. The molecule has 0 radical (unpaired) electrons. The average molecular weight is 508 g/mol. The van der Waals surface area contributed by atoms with Crippen LogP contribution < -0.4 is 15.5 Å². The number of carbonyl (C=O) groups excluding carboxylic acids is 1. The van der Waals surface area contributed by atoms with Crippen LogP contribution in [-0.4, -0.2) is 32.1 Å². The summed E-state index contributed by atoms with van der Waals surface area (Å²) in [4.78, 5) is 29.5. The summed E-state index contributed by atoms with van der Waals surface area (Å²) in [6.07, 6.45) is 3.88. The summed E-state index contributed by atoms with van der Waals surface area (Å²) in [5.74, 6) is -0.513. The van der Waals surface area contributed by atoms with Gasteiger partial charge in [-0.15, -0.1) is 11.8 Å². The SMILES string of the molecule is CSc1cccc(NS(=O)(=O)c2ccc3[nH]cc(C(=O)NCCc4ccc(C)cc4)c(=O)c3c2)c1. The fourth-order valence-corrected chi connectivity index (χ4v) is 5.14. The lowest BCUT2D eigenvalue weighted by Gasteiger charge is -2.10. The van der Waals surface area contributed by atoms with Gasteiger partial charge in [0.1, 0.15) is 5.56 Å². The first-order valence-electron chi connectivity index (χ1n) is 10.9. The minimum atomic E-state index is -3.94. The lowest BCUT2D eigenvalue weighted by atomic mass is 10.1. The van der Waals surface area contributed by atoms with E-state index in [1.54, 1.807) is 18.2 Å². The Bertz CT molecular complexity index is 1550. The highest BCUT2D eigenvalue weighted by molar-refractivity contribution is 7.98. The normalized spacial score (nSPS) is 11.4. The van der Waals surface area contributed by atoms with Crippen molar-refractivity contribution in [2.24, 2.45) is 0 Å². The summed E-state index contributed by atoms with van der Waals surface area (Å²) >= 11 is 1.50. The monoisotopic (exact) mass is 507 g/mol. The number of aryl methyl sites for hydroxylation is 1. The number of pyridine rings is 1. The van der Waals surface area contributed by atoms with Crippen LogP contribution in [0, 0.1) is 6.92 Å². The molecule has 0 aliphatic carbocycles. The van der Waals surface area contributed by atoms with Crippen LogP contribution in [0.5, 0.6) is 0 Å². The minimum absolute atomic E-state index is 0.0676. The van der Waals surface area contributed by atoms with Crippen LogP contribution in [0.4, 0.5) is 5.69 Å². The van der Waals surface area contributed by atoms with Crippen molar-refractivity contribution in [3.63, 3.8) is 0 Å². The third kappa shape index (κ3) is 5.75. The second-order valence-corrected chi connectivity index (χ2v) is 10.6. The summed E-state index contributed by atoms with van der Waals surface area (Å²) in [7, 11) is -3.94. The average Bonchev–Trinajstić information content (AvgIpc) is 2.85. The number of H-pyrrole nitrogens is 1. The Hall–Kier alpha value is -3.56. The van der Waals surface area contributed by atoms with Crippen LogP contribution in [0.15, 0.2) is 87.5 Å². The number of hydrogen-bond acceptors (Lipinski definition) is 5. The van der Waals surface area contributed by atoms with E-state index in [1.165, 1.54) is 36.2 Å². The van der Waals surface area contributed by atoms with Gasteiger partial charge in [0, 0.05) is 34.2 Å². The Morgan fingerprint density at radius 1 is 1.03 bits per heavy atom. The van der Waals surface area contributed by atoms with Gasteiger partial charge in [-0.2, -0.15) is 0 Å². The molecule has 4 rings (SSSR count). The van der Waals surface area contributed by atoms with Gasteiger partial charge < -0.3 is 10.3 Å². The standard InChI is InChI=1S/C26H25N3O4S2/c1-17-6-8-18(9-7-17)12-13-27-26(31)23-16-28-24-11-10-21(15-22(24)25(23)30)35(32,33)29-19-4-3-5-20(14-19)34-2/h3-11,14-16,29H,12-13H2,1-2H3,(H,27,31)(H,28,30). The molecule has 0 saturated heterocycles. The maximum absolute atomic E-state index is 13.1. The Balaban J connectivity index is 1.55. The van der Waals surface area contributed by atoms with Gasteiger partial charge in [0.05, 0.1) is 4.90 Å². The molecular weight excluding hydrogens is 482 g/mol. The van der Waals surface area contributed by atoms with Crippen molar-refractivity contribution in [1.29, 1.82) is 0 Å². The van der Waals surface area contributed by atoms with Gasteiger partial charge >= 0.3 is 0 Å². The molecule has 1 heterocycles. The van der Waals surface area contributed by atoms with Crippen LogP contribution >= 0.6 is 11.8 Å². The van der Waals surface area contributed by atoms with E-state index in [0.717, 1.165) is 16.0 Å². The molecule has 35 heavy (non-hydrogen) atoms. The van der Waals surface area contributed by atoms with E-state index in [2.05, 4.69) is 15.0 Å². The molecule has 7 nitrogen and oxygen atoms in total. The van der Waals surface area contributed by atoms with Crippen molar-refractivity contribution >= 4 is 44.3 Å². The minimum Gasteiger partial charge on any atom is -0.360 e. The van der Waals surface area contributed by atoms with Gasteiger partial charge in [0.2, 0.25) is 5.43 Å². The summed E-state index contributed by atoms with van der Waals surface area (Å²) in [5, 5.41) is 2.89. The smallest absolute Gasteiger partial charge is 0.261 e. The molecule has 4 aromatic rings. The number of amides is 1. The predicted molar refractivity (Wildman–Crippen MR) is 141 cm³/mol. The lowest BCUT2D eigenvalue weighted by molar-refractivity contribution is 0.0953. The van der Waals surface area contributed by atoms with Crippen molar-refractivity contribution in [3.05, 3.63) is 99.8 Å². The predicted octanol–water partition coefficient (Wildman–Crippen LogP) is 4.33. The van der Waals surface area contributed by atoms with Crippen molar-refractivity contribution in [2.45, 2.75) is 23.1 Å². The Labute approximate surface area is 208 Å². The van der Waals surface area contributed by atoms with Crippen LogP contribution in [-0.2, 0) is 16.4 Å². The summed E-state index contributed by atoms with van der Waals surface area (Å²) in [6.45, 7) is 2.38. The van der Waals surface area contributed by atoms with Gasteiger partial charge in [0.15, 0.2) is 0 Å². The molecule has 0 saturated carbocycles. The fourth-order valence-electron chi connectivity index (χ4n) is 3.60. The summed E-state index contributed by atoms with van der Waals surface area (Å²) in [6, 6.07) is 19.3. The molecule has 1 amide bonds. The van der Waals surface area contributed by atoms with Crippen molar-refractivity contribution in [3.8, 4) is 0 Å². The Kier molecular flexibility index (Phi) is 7.28. The zero-order valence-corrected chi connectivity index (χ0v) is 20.9. The number of anilines is 1. The molecule has 9 heteroatoms. The van der Waals surface area contributed by atoms with E-state index in [4.69, 9.17) is 0 Å². The number of sulfonamides is 1. The van der Waals surface area contributed by atoms with Gasteiger partial charge in [-0.25, -0.2) is 8.42 Å². The third-order valence-corrected chi connectivity index (χ3v) is 7.65. The molecular formula is C26H25N3O4S2. The summed E-state index contributed by atoms with van der Waals surface area (Å²) < 4.78 is 28.5. The van der Waals surface area contributed by atoms with Crippen LogP contribution in [0.1, 0.15) is 21.5 Å². The largest absolute Gasteiger partial charge is 0.360 e. The maximum atomic E-state index is 13.1. The van der Waals surface area contributed by atoms with E-state index in [-0.39, 0.29) is 15.8 Å². The molecule has 0 spiro atoms. The van der Waals surface area contributed by atoms with Crippen LogP contribution in [0.3, 0.4) is 0 Å². The highest BCUT2D eigenvalue weighted by atomic mass is 32.2. The number of hydrogen-bond donors (Lipinski definition) is 3. The molecule has 0 aliphatic heterocycles. The number of rotatable bonds is 8. The van der Waals surface area contributed by atoms with Crippen molar-refractivity contribution in [2.75, 3.05) is 17.5 Å². The fraction of sp³-hybridized carbons (Fsp3) is 0.154. The van der Waals surface area contributed by atoms with Gasteiger partial charge in [0.25, 0.3) is 15.9 Å². The van der Waals surface area contributed by atoms with E-state index in [0.29, 0.717) is 24.2 Å². The molecule has 180 valence electrons. The lowest BCUT2D eigenvalue weighted by Crippen LogP contribution is -2.30. The molecule has 0 unspecified atom stereocenters. The highest BCUT2D eigenvalue weighted by Gasteiger charge is 2.18. The first kappa shape index (κ1) is 24.6. The second-order valence-electron chi connectivity index (χ2n) is 8.07. The zero-order valence-electron chi connectivity index (χ0n) is 19.3. The number of benzene rings is 3. The van der Waals surface area contributed by atoms with E-state index in [1.807, 2.05) is 43.5 Å². The first-order valence-corrected chi connectivity index (χ1v) is 13.6. The number of aromatic nitrogens is 1. The summed E-state index contributed by atoms with van der Waals surface area (Å²) in [5.41, 5.74) is 2.49. The molecule has 0 atom stereocenters. The quantitative estimate of drug-likeness (QED) is 0.308. The Morgan fingerprint density at radius 2 is 1.80 bits per heavy atom. The maximum Gasteiger partial charge on any atom is 0.261 e. The number of aromatic amines is 1. The van der Waals surface area contributed by atoms with E-state index >= 15 is 0 Å². The number of fused-ring (bicyclic) bond motifs is 1. The second kappa shape index (κ2) is 10.4. The first-order chi connectivity index (χ1) is 16.8.